The second kappa shape index (κ2) is 3.66. The van der Waals surface area contributed by atoms with E-state index in [1.165, 1.54) is 6.92 Å². The molecular weight excluding hydrogens is 219 g/mol. The maximum Gasteiger partial charge on any atom is 0.468 e. The van der Waals surface area contributed by atoms with Gasteiger partial charge >= 0.3 is 12.1 Å². The van der Waals surface area contributed by atoms with Crippen LogP contribution in [0.4, 0.5) is 13.2 Å². The van der Waals surface area contributed by atoms with Crippen molar-refractivity contribution >= 4 is 0 Å². The number of hydrogen-bond acceptors (Lipinski definition) is 2. The topological polar surface area (TPSA) is 26.0 Å². The molecule has 1 aromatic carbocycles. The van der Waals surface area contributed by atoms with Crippen LogP contribution in [0.2, 0.25) is 0 Å². The molecule has 0 aliphatic carbocycles. The molecule has 1 heterocycles. The molecule has 0 aliphatic heterocycles. The predicted molar refractivity (Wildman–Crippen MR) is 51.7 cm³/mol. The van der Waals surface area contributed by atoms with Crippen LogP contribution in [0.1, 0.15) is 11.7 Å². The van der Waals surface area contributed by atoms with Gasteiger partial charge in [0, 0.05) is 5.56 Å². The number of alkyl halides is 3. The summed E-state index contributed by atoms with van der Waals surface area (Å²) < 4.78 is 41.6. The van der Waals surface area contributed by atoms with Gasteiger partial charge in [-0.3, -0.25) is 0 Å². The van der Waals surface area contributed by atoms with E-state index < -0.39 is 12.1 Å². The van der Waals surface area contributed by atoms with Crippen LogP contribution in [0, 0.1) is 6.92 Å². The maximum atomic E-state index is 12.3. The van der Waals surface area contributed by atoms with Gasteiger partial charge in [-0.05, 0) is 6.92 Å². The van der Waals surface area contributed by atoms with E-state index in [1.807, 2.05) is 0 Å². The number of nitrogens with zero attached hydrogens (tertiary/aromatic N) is 1. The van der Waals surface area contributed by atoms with Gasteiger partial charge in [0.15, 0.2) is 0 Å². The lowest BCUT2D eigenvalue weighted by molar-refractivity contribution is -0.157. The smallest absolute Gasteiger partial charge is 0.438 e. The zero-order valence-electron chi connectivity index (χ0n) is 8.38. The molecule has 2 aromatic rings. The average molecular weight is 227 g/mol. The Morgan fingerprint density at radius 3 is 2.25 bits per heavy atom. The fraction of sp³-hybridized carbons (Fsp3) is 0.182. The molecule has 84 valence electrons. The van der Waals surface area contributed by atoms with E-state index in [4.69, 9.17) is 0 Å². The van der Waals surface area contributed by atoms with Gasteiger partial charge in [-0.1, -0.05) is 30.3 Å². The highest BCUT2D eigenvalue weighted by molar-refractivity contribution is 5.60. The van der Waals surface area contributed by atoms with Crippen molar-refractivity contribution in [1.82, 2.24) is 4.98 Å². The second-order valence-electron chi connectivity index (χ2n) is 3.29. The normalized spacial score (nSPS) is 11.8. The molecule has 0 saturated carbocycles. The van der Waals surface area contributed by atoms with Crippen molar-refractivity contribution < 1.29 is 17.6 Å². The molecule has 2 nitrogen and oxygen atoms in total. The Kier molecular flexibility index (Phi) is 2.46. The molecule has 0 radical (unpaired) electrons. The molecule has 0 fully saturated rings. The van der Waals surface area contributed by atoms with Crippen molar-refractivity contribution in [2.24, 2.45) is 0 Å². The lowest BCUT2D eigenvalue weighted by Gasteiger charge is -1.97. The first-order valence-electron chi connectivity index (χ1n) is 4.58. The highest BCUT2D eigenvalue weighted by Gasteiger charge is 2.38. The largest absolute Gasteiger partial charge is 0.468 e. The highest BCUT2D eigenvalue weighted by Crippen LogP contribution is 2.32. The Morgan fingerprint density at radius 1 is 1.12 bits per heavy atom. The minimum absolute atomic E-state index is 0.165. The Balaban J connectivity index is 2.48. The summed E-state index contributed by atoms with van der Waals surface area (Å²) in [4.78, 5) is 3.46. The lowest BCUT2D eigenvalue weighted by Crippen LogP contribution is -2.04. The predicted octanol–water partition coefficient (Wildman–Crippen LogP) is 3.67. The first kappa shape index (κ1) is 10.7. The van der Waals surface area contributed by atoms with E-state index in [0.29, 0.717) is 5.56 Å². The average Bonchev–Trinajstić information content (AvgIpc) is 2.61. The summed E-state index contributed by atoms with van der Waals surface area (Å²) in [5, 5.41) is 0. The second-order valence-corrected chi connectivity index (χ2v) is 3.29. The number of aromatic nitrogens is 1. The van der Waals surface area contributed by atoms with E-state index in [0.717, 1.165) is 0 Å². The molecule has 0 amide bonds. The molecule has 0 atom stereocenters. The monoisotopic (exact) mass is 227 g/mol. The van der Waals surface area contributed by atoms with Gasteiger partial charge < -0.3 is 4.42 Å². The van der Waals surface area contributed by atoms with Gasteiger partial charge in [0.05, 0.1) is 0 Å². The summed E-state index contributed by atoms with van der Waals surface area (Å²) >= 11 is 0. The molecule has 0 aliphatic rings. The summed E-state index contributed by atoms with van der Waals surface area (Å²) in [6.07, 6.45) is -4.54. The molecule has 0 unspecified atom stereocenters. The standard InChI is InChI=1S/C11H8F3NO/c1-7-9(8-5-3-2-4-6-8)15-10(16-7)11(12,13)14/h2-6H,1H3. The molecule has 1 aromatic heterocycles. The molecule has 0 N–H and O–H groups in total. The number of hydrogen-bond donors (Lipinski definition) is 0. The van der Waals surface area contributed by atoms with Crippen molar-refractivity contribution in [3.8, 4) is 11.3 Å². The van der Waals surface area contributed by atoms with Crippen LogP contribution < -0.4 is 0 Å². The van der Waals surface area contributed by atoms with Gasteiger partial charge in [0.25, 0.3) is 0 Å². The molecule has 16 heavy (non-hydrogen) atoms. The fourth-order valence-electron chi connectivity index (χ4n) is 1.38. The zero-order valence-corrected chi connectivity index (χ0v) is 8.38. The third kappa shape index (κ3) is 1.93. The highest BCUT2D eigenvalue weighted by atomic mass is 19.4. The van der Waals surface area contributed by atoms with Gasteiger partial charge in [0.1, 0.15) is 11.5 Å². The number of benzene rings is 1. The first-order valence-corrected chi connectivity index (χ1v) is 4.58. The van der Waals surface area contributed by atoms with Gasteiger partial charge in [-0.25, -0.2) is 4.98 Å². The number of oxazole rings is 1. The van der Waals surface area contributed by atoms with Gasteiger partial charge in [0.2, 0.25) is 0 Å². The third-order valence-electron chi connectivity index (χ3n) is 2.09. The van der Waals surface area contributed by atoms with Crippen molar-refractivity contribution in [3.63, 3.8) is 0 Å². The zero-order chi connectivity index (χ0) is 11.8. The SMILES string of the molecule is Cc1oc(C(F)(F)F)nc1-c1ccccc1. The molecule has 2 rings (SSSR count). The van der Waals surface area contributed by atoms with Crippen LogP contribution in [0.5, 0.6) is 0 Å². The summed E-state index contributed by atoms with van der Waals surface area (Å²) in [6, 6.07) is 8.62. The lowest BCUT2D eigenvalue weighted by atomic mass is 10.1. The molecule has 5 heteroatoms. The van der Waals surface area contributed by atoms with Crippen LogP contribution in [0.25, 0.3) is 11.3 Å². The van der Waals surface area contributed by atoms with Crippen LogP contribution in [-0.4, -0.2) is 4.98 Å². The molecular formula is C11H8F3NO. The van der Waals surface area contributed by atoms with Crippen LogP contribution in [0.3, 0.4) is 0 Å². The van der Waals surface area contributed by atoms with Crippen LogP contribution in [0.15, 0.2) is 34.7 Å². The maximum absolute atomic E-state index is 12.3. The Labute approximate surface area is 89.7 Å². The quantitative estimate of drug-likeness (QED) is 0.742. The summed E-state index contributed by atoms with van der Waals surface area (Å²) in [5.41, 5.74) is 0.840. The first-order chi connectivity index (χ1) is 7.48. The van der Waals surface area contributed by atoms with Crippen molar-refractivity contribution in [2.45, 2.75) is 13.1 Å². The van der Waals surface area contributed by atoms with Crippen molar-refractivity contribution in [1.29, 1.82) is 0 Å². The van der Waals surface area contributed by atoms with Crippen LogP contribution >= 0.6 is 0 Å². The van der Waals surface area contributed by atoms with E-state index in [9.17, 15) is 13.2 Å². The van der Waals surface area contributed by atoms with E-state index in [1.54, 1.807) is 30.3 Å². The fourth-order valence-corrected chi connectivity index (χ4v) is 1.38. The summed E-state index contributed by atoms with van der Waals surface area (Å²) in [5.74, 6) is -1.04. The third-order valence-corrected chi connectivity index (χ3v) is 2.09. The Morgan fingerprint density at radius 2 is 1.75 bits per heavy atom. The molecule has 0 spiro atoms. The van der Waals surface area contributed by atoms with Gasteiger partial charge in [-0.2, -0.15) is 13.2 Å². The minimum Gasteiger partial charge on any atom is -0.438 e. The Bertz CT molecular complexity index is 488. The van der Waals surface area contributed by atoms with E-state index in [-0.39, 0.29) is 11.5 Å². The van der Waals surface area contributed by atoms with E-state index >= 15 is 0 Å². The number of rotatable bonds is 1. The van der Waals surface area contributed by atoms with E-state index in [2.05, 4.69) is 9.40 Å². The van der Waals surface area contributed by atoms with Crippen molar-refractivity contribution in [2.75, 3.05) is 0 Å². The molecule has 0 saturated heterocycles. The summed E-state index contributed by atoms with van der Waals surface area (Å²) in [7, 11) is 0. The number of halogens is 3. The molecule has 0 bridgehead atoms. The van der Waals surface area contributed by atoms with Crippen LogP contribution in [-0.2, 0) is 6.18 Å². The van der Waals surface area contributed by atoms with Gasteiger partial charge in [-0.15, -0.1) is 0 Å². The van der Waals surface area contributed by atoms with Crippen molar-refractivity contribution in [3.05, 3.63) is 42.0 Å². The Hall–Kier alpha value is -1.78. The number of aryl methyl sites for hydroxylation is 1. The summed E-state index contributed by atoms with van der Waals surface area (Å²) in [6.45, 7) is 1.46. The minimum atomic E-state index is -4.54.